The molecule has 0 bridgehead atoms. The summed E-state index contributed by atoms with van der Waals surface area (Å²) in [6.07, 6.45) is 5.54. The first kappa shape index (κ1) is 22.3. The van der Waals surface area contributed by atoms with Gasteiger partial charge in [-0.1, -0.05) is 17.7 Å². The van der Waals surface area contributed by atoms with E-state index < -0.39 is 36.2 Å². The van der Waals surface area contributed by atoms with E-state index >= 15 is 0 Å². The normalized spacial score (nSPS) is 11.5. The van der Waals surface area contributed by atoms with Crippen LogP contribution in [-0.2, 0) is 23.8 Å². The van der Waals surface area contributed by atoms with Gasteiger partial charge in [0.25, 0.3) is 5.56 Å². The van der Waals surface area contributed by atoms with Crippen molar-refractivity contribution in [2.24, 2.45) is 0 Å². The number of halogens is 3. The molecule has 4 aromatic rings. The highest BCUT2D eigenvalue weighted by molar-refractivity contribution is 6.29. The Labute approximate surface area is 190 Å². The second-order valence-electron chi connectivity index (χ2n) is 7.02. The van der Waals surface area contributed by atoms with Crippen LogP contribution in [0.1, 0.15) is 11.3 Å². The largest absolute Gasteiger partial charge is 0.359 e. The van der Waals surface area contributed by atoms with Gasteiger partial charge in [-0.2, -0.15) is 13.9 Å². The molecular formula is C20H17ClF2N8O2. The lowest BCUT2D eigenvalue weighted by Gasteiger charge is -2.17. The Balaban J connectivity index is 1.41. The van der Waals surface area contributed by atoms with Crippen molar-refractivity contribution in [3.8, 4) is 0 Å². The van der Waals surface area contributed by atoms with Crippen LogP contribution in [0.4, 0.5) is 14.6 Å². The van der Waals surface area contributed by atoms with Crippen LogP contribution in [0.15, 0.2) is 53.8 Å². The van der Waals surface area contributed by atoms with E-state index in [1.165, 1.54) is 24.4 Å². The average molecular weight is 475 g/mol. The Morgan fingerprint density at radius 1 is 1.18 bits per heavy atom. The van der Waals surface area contributed by atoms with Gasteiger partial charge in [-0.15, -0.1) is 0 Å². The molecule has 0 spiro atoms. The van der Waals surface area contributed by atoms with Crippen molar-refractivity contribution in [1.82, 2.24) is 35.0 Å². The van der Waals surface area contributed by atoms with Crippen LogP contribution < -0.4 is 16.2 Å². The molecule has 3 N–H and O–H groups in total. The second kappa shape index (κ2) is 9.28. The van der Waals surface area contributed by atoms with Crippen molar-refractivity contribution < 1.29 is 13.6 Å². The van der Waals surface area contributed by atoms with Gasteiger partial charge < -0.3 is 10.6 Å². The summed E-state index contributed by atoms with van der Waals surface area (Å²) in [6.45, 7) is -1.18. The third-order valence-corrected chi connectivity index (χ3v) is 4.96. The van der Waals surface area contributed by atoms with Crippen LogP contribution in [0.25, 0.3) is 11.0 Å². The molecule has 4 aromatic heterocycles. The van der Waals surface area contributed by atoms with Gasteiger partial charge in [-0.25, -0.2) is 9.97 Å². The smallest absolute Gasteiger partial charge is 0.306 e. The minimum atomic E-state index is -3.35. The molecule has 33 heavy (non-hydrogen) atoms. The highest BCUT2D eigenvalue weighted by Crippen LogP contribution is 2.25. The Morgan fingerprint density at radius 2 is 2.03 bits per heavy atom. The number of hydrogen-bond donors (Lipinski definition) is 3. The molecule has 0 fully saturated rings. The van der Waals surface area contributed by atoms with E-state index in [4.69, 9.17) is 11.6 Å². The quantitative estimate of drug-likeness (QED) is 0.356. The molecule has 0 radical (unpaired) electrons. The maximum absolute atomic E-state index is 14.3. The van der Waals surface area contributed by atoms with Crippen LogP contribution in [-0.4, -0.2) is 42.2 Å². The van der Waals surface area contributed by atoms with Gasteiger partial charge in [-0.05, 0) is 23.8 Å². The number of nitrogens with zero attached hydrogens (tertiary/aromatic N) is 5. The fraction of sp³-hybridized carbons (Fsp3) is 0.200. The SMILES string of the molecule is O=C(Cn1c(Cl)cnc(NCC(F)(F)c2ccccn2)c1=O)NCc1cnc2[nH]ncc2c1. The molecule has 170 valence electrons. The Hall–Kier alpha value is -3.93. The number of aromatic amines is 1. The lowest BCUT2D eigenvalue weighted by Crippen LogP contribution is -2.35. The van der Waals surface area contributed by atoms with E-state index in [1.54, 1.807) is 12.4 Å². The maximum atomic E-state index is 14.3. The number of fused-ring (bicyclic) bond motifs is 1. The van der Waals surface area contributed by atoms with Gasteiger partial charge >= 0.3 is 5.92 Å². The van der Waals surface area contributed by atoms with Crippen LogP contribution in [0.3, 0.4) is 0 Å². The maximum Gasteiger partial charge on any atom is 0.306 e. The first-order valence-electron chi connectivity index (χ1n) is 9.67. The van der Waals surface area contributed by atoms with Crippen molar-refractivity contribution in [2.75, 3.05) is 11.9 Å². The lowest BCUT2D eigenvalue weighted by molar-refractivity contribution is -0.121. The highest BCUT2D eigenvalue weighted by Gasteiger charge is 2.33. The lowest BCUT2D eigenvalue weighted by atomic mass is 10.2. The second-order valence-corrected chi connectivity index (χ2v) is 7.41. The molecule has 0 atom stereocenters. The van der Waals surface area contributed by atoms with E-state index in [0.29, 0.717) is 5.65 Å². The molecule has 0 saturated heterocycles. The standard InChI is InChI=1S/C20H17ClF2N8O2/c21-15-9-27-18(28-11-20(22,23)14-3-1-2-4-24-14)19(33)31(15)10-16(32)25-6-12-5-13-8-29-30-17(13)26-7-12/h1-5,7-9H,6,10-11H2,(H,25,32)(H,27,28)(H,26,29,30). The summed E-state index contributed by atoms with van der Waals surface area (Å²) < 4.78 is 29.6. The molecule has 1 amide bonds. The van der Waals surface area contributed by atoms with Gasteiger partial charge in [0.2, 0.25) is 5.91 Å². The first-order valence-corrected chi connectivity index (χ1v) is 10.0. The Bertz CT molecular complexity index is 1340. The fourth-order valence-corrected chi connectivity index (χ4v) is 3.16. The molecule has 4 heterocycles. The van der Waals surface area contributed by atoms with Crippen LogP contribution in [0.5, 0.6) is 0 Å². The summed E-state index contributed by atoms with van der Waals surface area (Å²) in [5.41, 5.74) is 0.0867. The number of alkyl halides is 2. The topological polar surface area (TPSA) is 130 Å². The highest BCUT2D eigenvalue weighted by atomic mass is 35.5. The molecule has 0 aromatic carbocycles. The van der Waals surface area contributed by atoms with Crippen molar-refractivity contribution in [2.45, 2.75) is 19.0 Å². The minimum Gasteiger partial charge on any atom is -0.359 e. The fourth-order valence-electron chi connectivity index (χ4n) is 2.98. The molecule has 0 aliphatic heterocycles. The van der Waals surface area contributed by atoms with Crippen molar-refractivity contribution in [1.29, 1.82) is 0 Å². The molecule has 13 heteroatoms. The summed E-state index contributed by atoms with van der Waals surface area (Å²) in [5.74, 6) is -4.22. The zero-order valence-corrected chi connectivity index (χ0v) is 17.7. The number of rotatable bonds is 8. The predicted molar refractivity (Wildman–Crippen MR) is 116 cm³/mol. The molecule has 0 aliphatic rings. The van der Waals surface area contributed by atoms with E-state index in [9.17, 15) is 18.4 Å². The summed E-state index contributed by atoms with van der Waals surface area (Å²) in [6, 6.07) is 5.94. The number of carbonyl (C=O) groups is 1. The number of anilines is 1. The number of pyridine rings is 2. The minimum absolute atomic E-state index is 0.112. The monoisotopic (exact) mass is 474 g/mol. The third-order valence-electron chi connectivity index (χ3n) is 4.66. The van der Waals surface area contributed by atoms with E-state index in [2.05, 4.69) is 35.8 Å². The van der Waals surface area contributed by atoms with E-state index in [0.717, 1.165) is 21.7 Å². The zero-order valence-electron chi connectivity index (χ0n) is 16.9. The first-order chi connectivity index (χ1) is 15.8. The molecule has 10 nitrogen and oxygen atoms in total. The van der Waals surface area contributed by atoms with Gasteiger partial charge in [-0.3, -0.25) is 24.2 Å². The number of hydrogen-bond acceptors (Lipinski definition) is 7. The number of H-pyrrole nitrogens is 1. The number of aromatic nitrogens is 6. The summed E-state index contributed by atoms with van der Waals surface area (Å²) in [7, 11) is 0. The van der Waals surface area contributed by atoms with Gasteiger partial charge in [0.05, 0.1) is 18.9 Å². The van der Waals surface area contributed by atoms with E-state index in [-0.39, 0.29) is 17.5 Å². The molecule has 4 rings (SSSR count). The average Bonchev–Trinajstić information content (AvgIpc) is 3.28. The Morgan fingerprint density at radius 3 is 2.82 bits per heavy atom. The van der Waals surface area contributed by atoms with Crippen LogP contribution >= 0.6 is 11.6 Å². The number of nitrogens with one attached hydrogen (secondary N) is 3. The van der Waals surface area contributed by atoms with Crippen molar-refractivity contribution >= 4 is 34.4 Å². The molecular weight excluding hydrogens is 458 g/mol. The number of amides is 1. The number of carbonyl (C=O) groups excluding carboxylic acids is 1. The van der Waals surface area contributed by atoms with Crippen LogP contribution in [0, 0.1) is 0 Å². The third kappa shape index (κ3) is 5.12. The summed E-state index contributed by atoms with van der Waals surface area (Å²) in [5, 5.41) is 12.3. The molecule has 0 aliphatic carbocycles. The van der Waals surface area contributed by atoms with Gasteiger partial charge in [0.15, 0.2) is 11.5 Å². The Kier molecular flexibility index (Phi) is 6.27. The zero-order chi connectivity index (χ0) is 23.4. The van der Waals surface area contributed by atoms with Gasteiger partial charge in [0, 0.05) is 24.3 Å². The molecule has 0 unspecified atom stereocenters. The summed E-state index contributed by atoms with van der Waals surface area (Å²) in [4.78, 5) is 36.6. The van der Waals surface area contributed by atoms with Crippen molar-refractivity contribution in [3.63, 3.8) is 0 Å². The van der Waals surface area contributed by atoms with E-state index in [1.807, 2.05) is 6.07 Å². The van der Waals surface area contributed by atoms with Crippen LogP contribution in [0.2, 0.25) is 5.15 Å². The summed E-state index contributed by atoms with van der Waals surface area (Å²) >= 11 is 6.02. The van der Waals surface area contributed by atoms with Crippen molar-refractivity contribution in [3.05, 3.63) is 75.8 Å². The predicted octanol–water partition coefficient (Wildman–Crippen LogP) is 2.08. The van der Waals surface area contributed by atoms with Gasteiger partial charge in [0.1, 0.15) is 17.4 Å². The molecule has 0 saturated carbocycles.